The summed E-state index contributed by atoms with van der Waals surface area (Å²) >= 11 is 0. The van der Waals surface area contributed by atoms with Crippen molar-refractivity contribution in [2.24, 2.45) is 0 Å². The van der Waals surface area contributed by atoms with Crippen LogP contribution in [0.1, 0.15) is 32.3 Å². The minimum absolute atomic E-state index is 0.0103. The third kappa shape index (κ3) is 2.14. The third-order valence-corrected chi connectivity index (χ3v) is 3.50. The van der Waals surface area contributed by atoms with Gasteiger partial charge < -0.3 is 0 Å². The lowest BCUT2D eigenvalue weighted by atomic mass is 9.91. The molecule has 0 aliphatic carbocycles. The molecule has 0 aromatic carbocycles. The first-order valence-corrected chi connectivity index (χ1v) is 5.78. The van der Waals surface area contributed by atoms with E-state index in [1.165, 1.54) is 5.56 Å². The topological polar surface area (TPSA) is 33.2 Å². The van der Waals surface area contributed by atoms with Crippen molar-refractivity contribution in [3.05, 3.63) is 30.1 Å². The highest BCUT2D eigenvalue weighted by atomic mass is 16.1. The minimum atomic E-state index is -0.0103. The number of rotatable bonds is 2. The molecule has 3 heteroatoms. The Bertz CT molecular complexity index is 363. The molecule has 1 aliphatic heterocycles. The molecule has 0 radical (unpaired) electrons. The summed E-state index contributed by atoms with van der Waals surface area (Å²) in [6, 6.07) is 4.10. The largest absolute Gasteiger partial charge is 0.300 e. The zero-order valence-electron chi connectivity index (χ0n) is 9.94. The van der Waals surface area contributed by atoms with Gasteiger partial charge in [-0.05, 0) is 31.5 Å². The van der Waals surface area contributed by atoms with Gasteiger partial charge in [-0.25, -0.2) is 0 Å². The number of hydrogen-bond donors (Lipinski definition) is 0. The summed E-state index contributed by atoms with van der Waals surface area (Å²) in [6.07, 6.45) is 5.03. The lowest BCUT2D eigenvalue weighted by Gasteiger charge is -2.40. The molecule has 0 spiro atoms. The molecule has 0 unspecified atom stereocenters. The van der Waals surface area contributed by atoms with E-state index in [1.54, 1.807) is 0 Å². The van der Waals surface area contributed by atoms with E-state index in [0.29, 0.717) is 18.6 Å². The summed E-state index contributed by atoms with van der Waals surface area (Å²) in [5.74, 6) is 0.391. The second kappa shape index (κ2) is 4.34. The van der Waals surface area contributed by atoms with Crippen molar-refractivity contribution in [1.82, 2.24) is 9.88 Å². The van der Waals surface area contributed by atoms with Crippen LogP contribution >= 0.6 is 0 Å². The van der Waals surface area contributed by atoms with Crippen LogP contribution in [-0.4, -0.2) is 28.8 Å². The fourth-order valence-electron chi connectivity index (χ4n) is 2.26. The van der Waals surface area contributed by atoms with Crippen molar-refractivity contribution < 1.29 is 4.79 Å². The molecule has 16 heavy (non-hydrogen) atoms. The van der Waals surface area contributed by atoms with E-state index in [0.717, 1.165) is 13.1 Å². The summed E-state index contributed by atoms with van der Waals surface area (Å²) < 4.78 is 0. The molecule has 0 atom stereocenters. The Balaban J connectivity index is 2.16. The summed E-state index contributed by atoms with van der Waals surface area (Å²) in [6.45, 7) is 6.15. The third-order valence-electron chi connectivity index (χ3n) is 3.50. The fourth-order valence-corrected chi connectivity index (χ4v) is 2.26. The number of piperidine rings is 1. The molecule has 1 aromatic rings. The van der Waals surface area contributed by atoms with Gasteiger partial charge in [-0.1, -0.05) is 0 Å². The number of carbonyl (C=O) groups is 1. The number of aromatic nitrogens is 1. The highest BCUT2D eigenvalue weighted by Gasteiger charge is 2.31. The van der Waals surface area contributed by atoms with Crippen molar-refractivity contribution in [2.75, 3.05) is 13.1 Å². The molecular weight excluding hydrogens is 200 g/mol. The predicted molar refractivity (Wildman–Crippen MR) is 63.1 cm³/mol. The number of carbonyl (C=O) groups excluding carboxylic acids is 1. The van der Waals surface area contributed by atoms with Crippen LogP contribution in [0.2, 0.25) is 0 Å². The molecular formula is C13H18N2O. The Hall–Kier alpha value is -1.22. The van der Waals surface area contributed by atoms with Gasteiger partial charge in [0.1, 0.15) is 5.78 Å². The second-order valence-corrected chi connectivity index (χ2v) is 4.82. The highest BCUT2D eigenvalue weighted by molar-refractivity contribution is 5.79. The van der Waals surface area contributed by atoms with Crippen LogP contribution in [-0.2, 0) is 10.3 Å². The summed E-state index contributed by atoms with van der Waals surface area (Å²) in [5.41, 5.74) is 1.25. The molecule has 1 aliphatic rings. The molecule has 1 fully saturated rings. The van der Waals surface area contributed by atoms with Crippen LogP contribution in [0.4, 0.5) is 0 Å². The molecule has 0 saturated carbocycles. The van der Waals surface area contributed by atoms with Crippen molar-refractivity contribution in [1.29, 1.82) is 0 Å². The maximum Gasteiger partial charge on any atom is 0.135 e. The molecule has 3 nitrogen and oxygen atoms in total. The molecule has 0 amide bonds. The summed E-state index contributed by atoms with van der Waals surface area (Å²) in [5, 5.41) is 0. The monoisotopic (exact) mass is 218 g/mol. The molecule has 1 saturated heterocycles. The summed E-state index contributed by atoms with van der Waals surface area (Å²) in [4.78, 5) is 17.7. The van der Waals surface area contributed by atoms with Crippen LogP contribution in [0.15, 0.2) is 24.5 Å². The van der Waals surface area contributed by atoms with Gasteiger partial charge in [0.15, 0.2) is 0 Å². The van der Waals surface area contributed by atoms with Crippen LogP contribution in [0.25, 0.3) is 0 Å². The van der Waals surface area contributed by atoms with Gasteiger partial charge in [0, 0.05) is 43.9 Å². The first kappa shape index (κ1) is 11.3. The second-order valence-electron chi connectivity index (χ2n) is 4.82. The number of nitrogens with zero attached hydrogens (tertiary/aromatic N) is 2. The molecule has 86 valence electrons. The van der Waals surface area contributed by atoms with E-state index in [-0.39, 0.29) is 5.54 Å². The minimum Gasteiger partial charge on any atom is -0.300 e. The van der Waals surface area contributed by atoms with Crippen LogP contribution in [0.5, 0.6) is 0 Å². The standard InChI is InChI=1S/C13H18N2O/c1-13(2,11-3-7-14-8-4-11)15-9-5-12(16)6-10-15/h3-4,7-8H,5-6,9-10H2,1-2H3. The first-order chi connectivity index (χ1) is 7.60. The maximum atomic E-state index is 11.2. The smallest absolute Gasteiger partial charge is 0.135 e. The average molecular weight is 218 g/mol. The van der Waals surface area contributed by atoms with Crippen LogP contribution in [0, 0.1) is 0 Å². The number of Topliss-reactive ketones (excluding diaryl/α,β-unsaturated/α-hetero) is 1. The van der Waals surface area contributed by atoms with E-state index in [2.05, 4.69) is 35.9 Å². The first-order valence-electron chi connectivity index (χ1n) is 5.78. The fraction of sp³-hybridized carbons (Fsp3) is 0.538. The number of likely N-dealkylation sites (tertiary alicyclic amines) is 1. The molecule has 0 bridgehead atoms. The summed E-state index contributed by atoms with van der Waals surface area (Å²) in [7, 11) is 0. The van der Waals surface area contributed by atoms with Gasteiger partial charge in [0.25, 0.3) is 0 Å². The zero-order valence-corrected chi connectivity index (χ0v) is 9.94. The van der Waals surface area contributed by atoms with Crippen molar-refractivity contribution in [3.8, 4) is 0 Å². The SMILES string of the molecule is CC(C)(c1ccncc1)N1CCC(=O)CC1. The van der Waals surface area contributed by atoms with Gasteiger partial charge >= 0.3 is 0 Å². The zero-order chi connectivity index (χ0) is 11.6. The lowest BCUT2D eigenvalue weighted by molar-refractivity contribution is -0.122. The van der Waals surface area contributed by atoms with Gasteiger partial charge in [-0.3, -0.25) is 14.7 Å². The number of pyridine rings is 1. The van der Waals surface area contributed by atoms with Gasteiger partial charge in [-0.15, -0.1) is 0 Å². The average Bonchev–Trinajstić information content (AvgIpc) is 2.31. The van der Waals surface area contributed by atoms with Gasteiger partial charge in [0.2, 0.25) is 0 Å². The normalized spacial score (nSPS) is 18.8. The van der Waals surface area contributed by atoms with Crippen LogP contribution in [0.3, 0.4) is 0 Å². The number of ketones is 1. The Morgan fingerprint density at radius 3 is 2.31 bits per heavy atom. The molecule has 2 rings (SSSR count). The van der Waals surface area contributed by atoms with Gasteiger partial charge in [-0.2, -0.15) is 0 Å². The predicted octanol–water partition coefficient (Wildman–Crippen LogP) is 1.98. The van der Waals surface area contributed by atoms with E-state index >= 15 is 0 Å². The molecule has 2 heterocycles. The van der Waals surface area contributed by atoms with Crippen molar-refractivity contribution >= 4 is 5.78 Å². The quantitative estimate of drug-likeness (QED) is 0.761. The Morgan fingerprint density at radius 1 is 1.19 bits per heavy atom. The Kier molecular flexibility index (Phi) is 3.06. The lowest BCUT2D eigenvalue weighted by Crippen LogP contribution is -2.46. The highest BCUT2D eigenvalue weighted by Crippen LogP contribution is 2.29. The van der Waals surface area contributed by atoms with E-state index in [1.807, 2.05) is 12.4 Å². The molecule has 1 aromatic heterocycles. The Morgan fingerprint density at radius 2 is 1.75 bits per heavy atom. The number of hydrogen-bond acceptors (Lipinski definition) is 3. The van der Waals surface area contributed by atoms with Crippen molar-refractivity contribution in [2.45, 2.75) is 32.2 Å². The van der Waals surface area contributed by atoms with E-state index in [4.69, 9.17) is 0 Å². The Labute approximate surface area is 96.5 Å². The maximum absolute atomic E-state index is 11.2. The van der Waals surface area contributed by atoms with Crippen molar-refractivity contribution in [3.63, 3.8) is 0 Å². The van der Waals surface area contributed by atoms with E-state index in [9.17, 15) is 4.79 Å². The van der Waals surface area contributed by atoms with Crippen LogP contribution < -0.4 is 0 Å². The van der Waals surface area contributed by atoms with Gasteiger partial charge in [0.05, 0.1) is 0 Å². The van der Waals surface area contributed by atoms with E-state index < -0.39 is 0 Å². The molecule has 0 N–H and O–H groups in total.